The van der Waals surface area contributed by atoms with Crippen LogP contribution < -0.4 is 4.72 Å². The fraction of sp³-hybridized carbons (Fsp3) is 0.312. The van der Waals surface area contributed by atoms with Gasteiger partial charge in [0.2, 0.25) is 10.0 Å². The Balaban J connectivity index is 2.34. The lowest BCUT2D eigenvalue weighted by atomic mass is 10.1. The molecule has 6 nitrogen and oxygen atoms in total. The molecule has 0 amide bonds. The Morgan fingerprint density at radius 2 is 1.92 bits per heavy atom. The molecule has 0 fully saturated rings. The standard InChI is InChI=1S/C16H20N2O4S2/c1-18(2)11-13(12-7-5-4-6-8-12)17-24(20,21)14-9-10-23-15(14)16(19)22-3/h4-10,13,17H,11H2,1-3H3. The minimum absolute atomic E-state index is 0.0564. The average Bonchev–Trinajstić information content (AvgIpc) is 3.04. The van der Waals surface area contributed by atoms with E-state index < -0.39 is 22.0 Å². The van der Waals surface area contributed by atoms with E-state index in [1.807, 2.05) is 49.3 Å². The first kappa shape index (κ1) is 18.6. The number of rotatable bonds is 7. The second-order valence-electron chi connectivity index (χ2n) is 5.45. The van der Waals surface area contributed by atoms with E-state index in [2.05, 4.69) is 9.46 Å². The van der Waals surface area contributed by atoms with Crippen molar-refractivity contribution in [2.75, 3.05) is 27.7 Å². The van der Waals surface area contributed by atoms with Gasteiger partial charge in [-0.1, -0.05) is 30.3 Å². The molecule has 24 heavy (non-hydrogen) atoms. The summed E-state index contributed by atoms with van der Waals surface area (Å²) >= 11 is 1.04. The molecule has 1 unspecified atom stereocenters. The number of hydrogen-bond acceptors (Lipinski definition) is 6. The van der Waals surface area contributed by atoms with Gasteiger partial charge < -0.3 is 9.64 Å². The fourth-order valence-electron chi connectivity index (χ4n) is 2.26. The molecular weight excluding hydrogens is 348 g/mol. The van der Waals surface area contributed by atoms with E-state index in [4.69, 9.17) is 0 Å². The second-order valence-corrected chi connectivity index (χ2v) is 8.05. The van der Waals surface area contributed by atoms with Gasteiger partial charge in [-0.3, -0.25) is 0 Å². The molecule has 8 heteroatoms. The zero-order valence-corrected chi connectivity index (χ0v) is 15.4. The predicted molar refractivity (Wildman–Crippen MR) is 93.7 cm³/mol. The molecule has 1 aromatic heterocycles. The third-order valence-corrected chi connectivity index (χ3v) is 5.87. The topological polar surface area (TPSA) is 75.7 Å². The lowest BCUT2D eigenvalue weighted by molar-refractivity contribution is 0.0602. The van der Waals surface area contributed by atoms with Gasteiger partial charge in [0.1, 0.15) is 9.77 Å². The van der Waals surface area contributed by atoms with Crippen LogP contribution in [0.5, 0.6) is 0 Å². The van der Waals surface area contributed by atoms with Crippen molar-refractivity contribution in [1.29, 1.82) is 0 Å². The quantitative estimate of drug-likeness (QED) is 0.758. The molecule has 0 saturated carbocycles. The van der Waals surface area contributed by atoms with Crippen LogP contribution in [-0.4, -0.2) is 47.0 Å². The van der Waals surface area contributed by atoms with Crippen molar-refractivity contribution in [3.8, 4) is 0 Å². The SMILES string of the molecule is COC(=O)c1sccc1S(=O)(=O)NC(CN(C)C)c1ccccc1. The van der Waals surface area contributed by atoms with Crippen molar-refractivity contribution in [1.82, 2.24) is 9.62 Å². The Hall–Kier alpha value is -1.74. The molecule has 0 bridgehead atoms. The number of sulfonamides is 1. The normalized spacial score (nSPS) is 13.0. The summed E-state index contributed by atoms with van der Waals surface area (Å²) in [5, 5.41) is 1.56. The Labute approximate surface area is 146 Å². The summed E-state index contributed by atoms with van der Waals surface area (Å²) in [7, 11) is 1.10. The van der Waals surface area contributed by atoms with Crippen LogP contribution in [0.2, 0.25) is 0 Å². The molecule has 2 aromatic rings. The summed E-state index contributed by atoms with van der Waals surface area (Å²) in [6, 6.07) is 10.3. The van der Waals surface area contributed by atoms with E-state index in [1.165, 1.54) is 13.2 Å². The maximum atomic E-state index is 12.8. The van der Waals surface area contributed by atoms with Gasteiger partial charge in [-0.15, -0.1) is 11.3 Å². The summed E-state index contributed by atoms with van der Waals surface area (Å²) in [4.78, 5) is 13.7. The highest BCUT2D eigenvalue weighted by Crippen LogP contribution is 2.25. The van der Waals surface area contributed by atoms with Crippen LogP contribution in [0, 0.1) is 0 Å². The van der Waals surface area contributed by atoms with Crippen LogP contribution in [0.3, 0.4) is 0 Å². The van der Waals surface area contributed by atoms with E-state index in [1.54, 1.807) is 5.38 Å². The summed E-state index contributed by atoms with van der Waals surface area (Å²) in [6.45, 7) is 0.487. The van der Waals surface area contributed by atoms with Crippen molar-refractivity contribution < 1.29 is 17.9 Å². The molecule has 0 aliphatic heterocycles. The summed E-state index contributed by atoms with van der Waals surface area (Å²) in [6.07, 6.45) is 0. The van der Waals surface area contributed by atoms with Crippen LogP contribution in [0.4, 0.5) is 0 Å². The van der Waals surface area contributed by atoms with Crippen LogP contribution in [-0.2, 0) is 14.8 Å². The lowest BCUT2D eigenvalue weighted by Gasteiger charge is -2.22. The van der Waals surface area contributed by atoms with Crippen molar-refractivity contribution in [3.05, 3.63) is 52.2 Å². The largest absolute Gasteiger partial charge is 0.465 e. The number of ether oxygens (including phenoxy) is 1. The minimum Gasteiger partial charge on any atom is -0.465 e. The summed E-state index contributed by atoms with van der Waals surface area (Å²) in [5.74, 6) is -0.658. The number of nitrogens with zero attached hydrogens (tertiary/aromatic N) is 1. The maximum absolute atomic E-state index is 12.8. The molecule has 0 aliphatic carbocycles. The number of thiophene rings is 1. The fourth-order valence-corrected chi connectivity index (χ4v) is 4.81. The van der Waals surface area contributed by atoms with Crippen LogP contribution in [0.1, 0.15) is 21.3 Å². The number of likely N-dealkylation sites (N-methyl/N-ethyl adjacent to an activating group) is 1. The smallest absolute Gasteiger partial charge is 0.349 e. The van der Waals surface area contributed by atoms with Gasteiger partial charge >= 0.3 is 5.97 Å². The van der Waals surface area contributed by atoms with Crippen LogP contribution in [0.15, 0.2) is 46.7 Å². The Bertz CT molecular complexity index is 785. The first-order valence-electron chi connectivity index (χ1n) is 7.23. The number of esters is 1. The first-order valence-corrected chi connectivity index (χ1v) is 9.59. The predicted octanol–water partition coefficient (Wildman–Crippen LogP) is 2.12. The summed E-state index contributed by atoms with van der Waals surface area (Å²) < 4.78 is 32.9. The zero-order chi connectivity index (χ0) is 17.7. The molecule has 1 aromatic carbocycles. The number of carbonyl (C=O) groups excluding carboxylic acids is 1. The highest BCUT2D eigenvalue weighted by Gasteiger charge is 2.28. The van der Waals surface area contributed by atoms with Crippen molar-refractivity contribution in [3.63, 3.8) is 0 Å². The molecule has 1 N–H and O–H groups in total. The molecule has 0 radical (unpaired) electrons. The van der Waals surface area contributed by atoms with Crippen molar-refractivity contribution in [2.45, 2.75) is 10.9 Å². The Kier molecular flexibility index (Phi) is 6.11. The number of hydrogen-bond donors (Lipinski definition) is 1. The van der Waals surface area contributed by atoms with E-state index in [-0.39, 0.29) is 9.77 Å². The molecule has 0 spiro atoms. The van der Waals surface area contributed by atoms with Gasteiger partial charge in [0.15, 0.2) is 0 Å². The number of carbonyl (C=O) groups is 1. The molecule has 1 atom stereocenters. The van der Waals surface area contributed by atoms with Gasteiger partial charge in [0.25, 0.3) is 0 Å². The lowest BCUT2D eigenvalue weighted by Crippen LogP contribution is -2.35. The van der Waals surface area contributed by atoms with Gasteiger partial charge in [0.05, 0.1) is 13.2 Å². The molecule has 0 saturated heterocycles. The van der Waals surface area contributed by atoms with E-state index in [0.717, 1.165) is 16.9 Å². The highest BCUT2D eigenvalue weighted by atomic mass is 32.2. The maximum Gasteiger partial charge on any atom is 0.349 e. The molecule has 2 rings (SSSR count). The van der Waals surface area contributed by atoms with Crippen molar-refractivity contribution in [2.24, 2.45) is 0 Å². The first-order chi connectivity index (χ1) is 11.3. The number of benzene rings is 1. The number of methoxy groups -OCH3 is 1. The third kappa shape index (κ3) is 4.41. The van der Waals surface area contributed by atoms with Gasteiger partial charge in [-0.2, -0.15) is 0 Å². The molecule has 1 heterocycles. The van der Waals surface area contributed by atoms with E-state index in [9.17, 15) is 13.2 Å². The van der Waals surface area contributed by atoms with Gasteiger partial charge in [-0.05, 0) is 31.1 Å². The highest BCUT2D eigenvalue weighted by molar-refractivity contribution is 7.89. The average molecular weight is 368 g/mol. The summed E-state index contributed by atoms with van der Waals surface area (Å²) in [5.41, 5.74) is 0.852. The second kappa shape index (κ2) is 7.89. The monoisotopic (exact) mass is 368 g/mol. The molecular formula is C16H20N2O4S2. The molecule has 130 valence electrons. The van der Waals surface area contributed by atoms with Crippen molar-refractivity contribution >= 4 is 27.3 Å². The van der Waals surface area contributed by atoms with E-state index in [0.29, 0.717) is 6.54 Å². The van der Waals surface area contributed by atoms with Gasteiger partial charge in [0, 0.05) is 6.54 Å². The van der Waals surface area contributed by atoms with Crippen LogP contribution in [0.25, 0.3) is 0 Å². The number of nitrogens with one attached hydrogen (secondary N) is 1. The Morgan fingerprint density at radius 1 is 1.25 bits per heavy atom. The zero-order valence-electron chi connectivity index (χ0n) is 13.7. The molecule has 0 aliphatic rings. The van der Waals surface area contributed by atoms with Crippen LogP contribution >= 0.6 is 11.3 Å². The van der Waals surface area contributed by atoms with Gasteiger partial charge in [-0.25, -0.2) is 17.9 Å². The van der Waals surface area contributed by atoms with E-state index >= 15 is 0 Å². The minimum atomic E-state index is -3.86. The third-order valence-electron chi connectivity index (χ3n) is 3.34. The Morgan fingerprint density at radius 3 is 2.50 bits per heavy atom.